The average molecular weight is 323 g/mol. The van der Waals surface area contributed by atoms with Crippen molar-refractivity contribution in [2.24, 2.45) is 0 Å². The number of anilines is 1. The Hall–Kier alpha value is -2.12. The van der Waals surface area contributed by atoms with Crippen LogP contribution in [0.1, 0.15) is 29.6 Å². The molecule has 0 saturated heterocycles. The lowest BCUT2D eigenvalue weighted by Gasteiger charge is -2.16. The van der Waals surface area contributed by atoms with E-state index in [2.05, 4.69) is 16.0 Å². The van der Waals surface area contributed by atoms with E-state index in [1.54, 1.807) is 13.1 Å². The summed E-state index contributed by atoms with van der Waals surface area (Å²) in [5, 5.41) is 18.0. The van der Waals surface area contributed by atoms with Gasteiger partial charge in [0.2, 0.25) is 5.91 Å². The van der Waals surface area contributed by atoms with Crippen LogP contribution in [0.25, 0.3) is 0 Å². The Labute approximate surface area is 136 Å². The summed E-state index contributed by atoms with van der Waals surface area (Å²) < 4.78 is 5.00. The molecule has 0 saturated carbocycles. The number of rotatable bonds is 10. The number of hydrogen-bond acceptors (Lipinski definition) is 5. The first-order valence-corrected chi connectivity index (χ1v) is 7.57. The van der Waals surface area contributed by atoms with E-state index in [-0.39, 0.29) is 23.3 Å². The topological polar surface area (TPSA) is 99.7 Å². The monoisotopic (exact) mass is 323 g/mol. The van der Waals surface area contributed by atoms with E-state index < -0.39 is 5.97 Å². The Morgan fingerprint density at radius 2 is 2.00 bits per heavy atom. The molecule has 0 heterocycles. The summed E-state index contributed by atoms with van der Waals surface area (Å²) in [4.78, 5) is 23.5. The van der Waals surface area contributed by atoms with Gasteiger partial charge in [-0.3, -0.25) is 4.79 Å². The van der Waals surface area contributed by atoms with Gasteiger partial charge < -0.3 is 25.8 Å². The van der Waals surface area contributed by atoms with E-state index in [1.807, 2.05) is 7.05 Å². The summed E-state index contributed by atoms with van der Waals surface area (Å²) in [6.07, 6.45) is 2.63. The fraction of sp³-hybridized carbons (Fsp3) is 0.500. The maximum Gasteiger partial charge on any atom is 0.339 e. The molecule has 0 aliphatic rings. The Bertz CT molecular complexity index is 534. The highest BCUT2D eigenvalue weighted by Crippen LogP contribution is 2.22. The summed E-state index contributed by atoms with van der Waals surface area (Å²) >= 11 is 0. The van der Waals surface area contributed by atoms with Gasteiger partial charge in [0.25, 0.3) is 0 Å². The standard InChI is InChI=1S/C16H25N3O4/c1-17-9-5-4-6-13(18-2)15(20)19-11-7-8-14(23-3)12(10-11)16(21)22/h7-8,10,13,17-18H,4-6,9H2,1-3H3,(H,19,20)(H,21,22)/t13-/m0/s1. The fourth-order valence-corrected chi connectivity index (χ4v) is 2.24. The van der Waals surface area contributed by atoms with Crippen molar-refractivity contribution in [3.8, 4) is 5.75 Å². The number of unbranched alkanes of at least 4 members (excludes halogenated alkanes) is 1. The summed E-state index contributed by atoms with van der Waals surface area (Å²) in [5.41, 5.74) is 0.448. The van der Waals surface area contributed by atoms with E-state index in [0.717, 1.165) is 19.4 Å². The number of likely N-dealkylation sites (N-methyl/N-ethyl adjacent to an activating group) is 1. The van der Waals surface area contributed by atoms with Crippen molar-refractivity contribution in [1.82, 2.24) is 10.6 Å². The summed E-state index contributed by atoms with van der Waals surface area (Å²) in [6, 6.07) is 4.23. The van der Waals surface area contributed by atoms with Gasteiger partial charge in [-0.05, 0) is 51.7 Å². The second-order valence-corrected chi connectivity index (χ2v) is 5.15. The molecule has 23 heavy (non-hydrogen) atoms. The zero-order valence-corrected chi connectivity index (χ0v) is 13.8. The number of benzene rings is 1. The van der Waals surface area contributed by atoms with E-state index in [4.69, 9.17) is 9.84 Å². The van der Waals surface area contributed by atoms with Gasteiger partial charge in [0.15, 0.2) is 0 Å². The first-order valence-electron chi connectivity index (χ1n) is 7.57. The number of carboxylic acid groups (broad SMARTS) is 1. The molecule has 1 atom stereocenters. The van der Waals surface area contributed by atoms with Crippen molar-refractivity contribution >= 4 is 17.6 Å². The van der Waals surface area contributed by atoms with Crippen LogP contribution in [0.15, 0.2) is 18.2 Å². The van der Waals surface area contributed by atoms with Gasteiger partial charge in [-0.1, -0.05) is 6.42 Å². The number of hydrogen-bond donors (Lipinski definition) is 4. The van der Waals surface area contributed by atoms with Crippen LogP contribution in [0.2, 0.25) is 0 Å². The Morgan fingerprint density at radius 3 is 2.57 bits per heavy atom. The Morgan fingerprint density at radius 1 is 1.26 bits per heavy atom. The highest BCUT2D eigenvalue weighted by molar-refractivity contribution is 5.97. The van der Waals surface area contributed by atoms with Crippen molar-refractivity contribution in [2.75, 3.05) is 33.1 Å². The largest absolute Gasteiger partial charge is 0.496 e. The minimum atomic E-state index is -1.10. The smallest absolute Gasteiger partial charge is 0.339 e. The zero-order valence-electron chi connectivity index (χ0n) is 13.8. The maximum absolute atomic E-state index is 12.3. The number of nitrogens with one attached hydrogen (secondary N) is 3. The minimum Gasteiger partial charge on any atom is -0.496 e. The molecule has 0 radical (unpaired) electrons. The second-order valence-electron chi connectivity index (χ2n) is 5.15. The van der Waals surface area contributed by atoms with Gasteiger partial charge >= 0.3 is 5.97 Å². The van der Waals surface area contributed by atoms with E-state index in [9.17, 15) is 9.59 Å². The number of carboxylic acids is 1. The molecule has 1 aromatic carbocycles. The predicted molar refractivity (Wildman–Crippen MR) is 89.2 cm³/mol. The summed E-state index contributed by atoms with van der Waals surface area (Å²) in [5.74, 6) is -1.03. The molecule has 7 heteroatoms. The molecule has 0 fully saturated rings. The lowest BCUT2D eigenvalue weighted by molar-refractivity contribution is -0.118. The molecular weight excluding hydrogens is 298 g/mol. The van der Waals surface area contributed by atoms with Crippen LogP contribution < -0.4 is 20.7 Å². The van der Waals surface area contributed by atoms with E-state index in [0.29, 0.717) is 12.1 Å². The van der Waals surface area contributed by atoms with Crippen molar-refractivity contribution in [3.63, 3.8) is 0 Å². The highest BCUT2D eigenvalue weighted by Gasteiger charge is 2.18. The van der Waals surface area contributed by atoms with Crippen LogP contribution in [0.4, 0.5) is 5.69 Å². The third-order valence-corrected chi connectivity index (χ3v) is 3.53. The Kier molecular flexibility index (Phi) is 8.07. The second kappa shape index (κ2) is 9.81. The van der Waals surface area contributed by atoms with Crippen LogP contribution >= 0.6 is 0 Å². The van der Waals surface area contributed by atoms with E-state index in [1.165, 1.54) is 19.2 Å². The van der Waals surface area contributed by atoms with Gasteiger partial charge in [0, 0.05) is 5.69 Å². The van der Waals surface area contributed by atoms with Crippen LogP contribution in [-0.4, -0.2) is 50.8 Å². The van der Waals surface area contributed by atoms with Crippen LogP contribution in [0.3, 0.4) is 0 Å². The maximum atomic E-state index is 12.3. The number of carbonyl (C=O) groups is 2. The molecule has 1 rings (SSSR count). The number of methoxy groups -OCH3 is 1. The molecule has 0 unspecified atom stereocenters. The SMILES string of the molecule is CNCCCC[C@H](NC)C(=O)Nc1ccc(OC)c(C(=O)O)c1. The van der Waals surface area contributed by atoms with Crippen molar-refractivity contribution < 1.29 is 19.4 Å². The predicted octanol–water partition coefficient (Wildman–Crippen LogP) is 1.31. The van der Waals surface area contributed by atoms with Gasteiger partial charge in [0.05, 0.1) is 13.2 Å². The first-order chi connectivity index (χ1) is 11.0. The number of ether oxygens (including phenoxy) is 1. The lowest BCUT2D eigenvalue weighted by Crippen LogP contribution is -2.38. The fourth-order valence-electron chi connectivity index (χ4n) is 2.24. The third-order valence-electron chi connectivity index (χ3n) is 3.53. The normalized spacial score (nSPS) is 11.8. The summed E-state index contributed by atoms with van der Waals surface area (Å²) in [7, 11) is 5.03. The first kappa shape index (κ1) is 18.9. The zero-order chi connectivity index (χ0) is 17.2. The average Bonchev–Trinajstić information content (AvgIpc) is 2.54. The molecule has 0 spiro atoms. The molecule has 0 aliphatic heterocycles. The molecule has 0 aromatic heterocycles. The molecule has 0 bridgehead atoms. The van der Waals surface area contributed by atoms with Crippen molar-refractivity contribution in [3.05, 3.63) is 23.8 Å². The van der Waals surface area contributed by atoms with Gasteiger partial charge in [-0.25, -0.2) is 4.79 Å². The van der Waals surface area contributed by atoms with Crippen LogP contribution in [0, 0.1) is 0 Å². The molecule has 0 aliphatic carbocycles. The highest BCUT2D eigenvalue weighted by atomic mass is 16.5. The minimum absolute atomic E-state index is 0.0142. The van der Waals surface area contributed by atoms with Crippen LogP contribution in [0.5, 0.6) is 5.75 Å². The van der Waals surface area contributed by atoms with Gasteiger partial charge in [-0.2, -0.15) is 0 Å². The molecular formula is C16H25N3O4. The van der Waals surface area contributed by atoms with Crippen molar-refractivity contribution in [1.29, 1.82) is 0 Å². The molecule has 128 valence electrons. The van der Waals surface area contributed by atoms with Crippen LogP contribution in [-0.2, 0) is 4.79 Å². The lowest BCUT2D eigenvalue weighted by atomic mass is 10.1. The molecule has 4 N–H and O–H groups in total. The number of aromatic carboxylic acids is 1. The summed E-state index contributed by atoms with van der Waals surface area (Å²) in [6.45, 7) is 0.915. The van der Waals surface area contributed by atoms with E-state index >= 15 is 0 Å². The third kappa shape index (κ3) is 5.88. The quantitative estimate of drug-likeness (QED) is 0.485. The van der Waals surface area contributed by atoms with Gasteiger partial charge in [-0.15, -0.1) is 0 Å². The molecule has 1 amide bonds. The number of carbonyl (C=O) groups excluding carboxylic acids is 1. The number of amides is 1. The Balaban J connectivity index is 2.71. The molecule has 1 aromatic rings. The van der Waals surface area contributed by atoms with Gasteiger partial charge in [0.1, 0.15) is 11.3 Å². The molecule has 7 nitrogen and oxygen atoms in total. The van der Waals surface area contributed by atoms with Crippen molar-refractivity contribution in [2.45, 2.75) is 25.3 Å².